The number of aryl methyl sites for hydroxylation is 1. The van der Waals surface area contributed by atoms with E-state index in [4.69, 9.17) is 28.4 Å². The Labute approximate surface area is 364 Å². The third-order valence-electron chi connectivity index (χ3n) is 10.3. The van der Waals surface area contributed by atoms with E-state index in [1.807, 2.05) is 0 Å². The molecule has 0 bridgehead atoms. The molecule has 3 rings (SSSR count). The van der Waals surface area contributed by atoms with Crippen molar-refractivity contribution in [1.82, 2.24) is 0 Å². The molecule has 0 aliphatic carbocycles. The zero-order valence-corrected chi connectivity index (χ0v) is 36.8. The lowest BCUT2D eigenvalue weighted by Crippen LogP contribution is -2.16. The Morgan fingerprint density at radius 3 is 1.33 bits per heavy atom. The number of esters is 4. The van der Waals surface area contributed by atoms with E-state index in [0.717, 1.165) is 116 Å². The molecule has 3 aromatic carbocycles. The fraction of sp³-hybridized carbons (Fsp3) is 0.490. The quantitative estimate of drug-likeness (QED) is 0.0260. The van der Waals surface area contributed by atoms with Gasteiger partial charge in [0.15, 0.2) is 0 Å². The lowest BCUT2D eigenvalue weighted by atomic mass is 10.0. The van der Waals surface area contributed by atoms with Gasteiger partial charge in [-0.15, -0.1) is 0 Å². The molecule has 0 aliphatic heterocycles. The highest BCUT2D eigenvalue weighted by Crippen LogP contribution is 2.26. The van der Waals surface area contributed by atoms with Crippen molar-refractivity contribution in [2.24, 2.45) is 0 Å². The van der Waals surface area contributed by atoms with Crippen LogP contribution in [0.15, 0.2) is 92.0 Å². The topological polar surface area (TPSA) is 124 Å². The van der Waals surface area contributed by atoms with Gasteiger partial charge in [0.2, 0.25) is 0 Å². The summed E-state index contributed by atoms with van der Waals surface area (Å²) in [7, 11) is 0. The SMILES string of the molecule is C=CC(=O)OC(CCCC)CCCCCCCOc1ccc(C(=O)Oc2ccc(OC(=O)c3ccc(OCCCCCCCC(CCCC)OC(=O)C=C)cc3)c(C)c2)cc1. The zero-order chi connectivity index (χ0) is 44.1. The van der Waals surface area contributed by atoms with Crippen LogP contribution in [0.1, 0.15) is 156 Å². The van der Waals surface area contributed by atoms with E-state index in [-0.39, 0.29) is 24.1 Å². The number of unbranched alkanes of at least 4 members (excludes halogenated alkanes) is 10. The van der Waals surface area contributed by atoms with Crippen LogP contribution in [0, 0.1) is 6.92 Å². The summed E-state index contributed by atoms with van der Waals surface area (Å²) < 4.78 is 34.0. The van der Waals surface area contributed by atoms with Crippen molar-refractivity contribution in [3.05, 3.63) is 109 Å². The fourth-order valence-corrected chi connectivity index (χ4v) is 6.70. The summed E-state index contributed by atoms with van der Waals surface area (Å²) in [5, 5.41) is 0. The summed E-state index contributed by atoms with van der Waals surface area (Å²) in [5.41, 5.74) is 1.41. The van der Waals surface area contributed by atoms with Gasteiger partial charge >= 0.3 is 23.9 Å². The summed E-state index contributed by atoms with van der Waals surface area (Å²) in [6.45, 7) is 14.2. The maximum Gasteiger partial charge on any atom is 0.343 e. The van der Waals surface area contributed by atoms with E-state index in [9.17, 15) is 19.2 Å². The summed E-state index contributed by atoms with van der Waals surface area (Å²) in [4.78, 5) is 49.0. The Morgan fingerprint density at radius 1 is 0.508 bits per heavy atom. The molecule has 10 heteroatoms. The van der Waals surface area contributed by atoms with Crippen molar-refractivity contribution in [1.29, 1.82) is 0 Å². The zero-order valence-electron chi connectivity index (χ0n) is 36.8. The van der Waals surface area contributed by atoms with Crippen LogP contribution in [-0.4, -0.2) is 49.3 Å². The second-order valence-corrected chi connectivity index (χ2v) is 15.4. The number of hydrogen-bond donors (Lipinski definition) is 0. The molecule has 0 radical (unpaired) electrons. The van der Waals surface area contributed by atoms with Gasteiger partial charge in [-0.2, -0.15) is 0 Å². The molecule has 61 heavy (non-hydrogen) atoms. The molecule has 2 unspecified atom stereocenters. The monoisotopic (exact) mass is 840 g/mol. The van der Waals surface area contributed by atoms with Crippen molar-refractivity contribution >= 4 is 23.9 Å². The number of hydrogen-bond acceptors (Lipinski definition) is 10. The Bertz CT molecular complexity index is 1760. The summed E-state index contributed by atoms with van der Waals surface area (Å²) in [6, 6.07) is 18.6. The van der Waals surface area contributed by atoms with E-state index in [1.165, 1.54) is 12.2 Å². The number of ether oxygens (including phenoxy) is 6. The first-order valence-electron chi connectivity index (χ1n) is 22.3. The van der Waals surface area contributed by atoms with Gasteiger partial charge in [-0.05, 0) is 131 Å². The molecule has 0 aromatic heterocycles. The highest BCUT2D eigenvalue weighted by molar-refractivity contribution is 5.92. The maximum atomic E-state index is 12.9. The number of benzene rings is 3. The van der Waals surface area contributed by atoms with Gasteiger partial charge in [0.05, 0.1) is 24.3 Å². The average Bonchev–Trinajstić information content (AvgIpc) is 3.27. The van der Waals surface area contributed by atoms with E-state index in [2.05, 4.69) is 27.0 Å². The highest BCUT2D eigenvalue weighted by atomic mass is 16.6. The van der Waals surface area contributed by atoms with Crippen molar-refractivity contribution in [3.8, 4) is 23.0 Å². The van der Waals surface area contributed by atoms with Crippen LogP contribution >= 0.6 is 0 Å². The van der Waals surface area contributed by atoms with Crippen molar-refractivity contribution in [3.63, 3.8) is 0 Å². The number of carbonyl (C=O) groups excluding carboxylic acids is 4. The van der Waals surface area contributed by atoms with Gasteiger partial charge in [-0.1, -0.05) is 91.2 Å². The molecule has 3 aromatic rings. The summed E-state index contributed by atoms with van der Waals surface area (Å²) in [5.74, 6) is 0.356. The lowest BCUT2D eigenvalue weighted by Gasteiger charge is -2.16. The van der Waals surface area contributed by atoms with Crippen molar-refractivity contribution < 1.29 is 47.6 Å². The predicted octanol–water partition coefficient (Wildman–Crippen LogP) is 12.4. The minimum atomic E-state index is -0.509. The number of rotatable bonds is 32. The predicted molar refractivity (Wildman–Crippen MR) is 240 cm³/mol. The van der Waals surface area contributed by atoms with Gasteiger partial charge in [0.1, 0.15) is 35.2 Å². The molecule has 0 amide bonds. The maximum absolute atomic E-state index is 12.9. The van der Waals surface area contributed by atoms with Gasteiger partial charge < -0.3 is 28.4 Å². The summed E-state index contributed by atoms with van der Waals surface area (Å²) >= 11 is 0. The standard InChI is InChI=1S/C51H68O10/c1-6-10-22-44(58-48(52)8-3)24-18-14-12-16-20-36-56-42-30-26-40(27-31-42)50(54)60-46-34-35-47(39(5)38-46)61-51(55)41-28-32-43(33-29-41)57-37-21-17-13-15-19-25-45(23-11-7-2)59-49(53)9-4/h8-9,26-35,38,44-45H,3-4,6-7,10-25,36-37H2,1-2,5H3. The first-order chi connectivity index (χ1) is 29.6. The second-order valence-electron chi connectivity index (χ2n) is 15.4. The minimum Gasteiger partial charge on any atom is -0.494 e. The average molecular weight is 841 g/mol. The molecule has 2 atom stereocenters. The molecule has 0 heterocycles. The van der Waals surface area contributed by atoms with Crippen LogP contribution in [0.2, 0.25) is 0 Å². The lowest BCUT2D eigenvalue weighted by molar-refractivity contribution is -0.144. The minimum absolute atomic E-state index is 0.0308. The molecule has 0 fully saturated rings. The smallest absolute Gasteiger partial charge is 0.343 e. The Morgan fingerprint density at radius 2 is 0.902 bits per heavy atom. The van der Waals surface area contributed by atoms with Crippen molar-refractivity contribution in [2.75, 3.05) is 13.2 Å². The largest absolute Gasteiger partial charge is 0.494 e. The van der Waals surface area contributed by atoms with Crippen LogP contribution in [0.5, 0.6) is 23.0 Å². The van der Waals surface area contributed by atoms with Crippen LogP contribution < -0.4 is 18.9 Å². The Kier molecular flexibility index (Phi) is 24.4. The first-order valence-corrected chi connectivity index (χ1v) is 22.3. The van der Waals surface area contributed by atoms with Gasteiger partial charge in [0, 0.05) is 12.2 Å². The van der Waals surface area contributed by atoms with E-state index in [1.54, 1.807) is 73.7 Å². The second kappa shape index (κ2) is 29.8. The molecule has 0 saturated carbocycles. The molecule has 0 aliphatic rings. The summed E-state index contributed by atoms with van der Waals surface area (Å²) in [6.07, 6.45) is 20.5. The molecular formula is C51H68O10. The van der Waals surface area contributed by atoms with Crippen LogP contribution in [0.25, 0.3) is 0 Å². The molecular weight excluding hydrogens is 773 g/mol. The van der Waals surface area contributed by atoms with Crippen LogP contribution in [-0.2, 0) is 19.1 Å². The fourth-order valence-electron chi connectivity index (χ4n) is 6.70. The normalized spacial score (nSPS) is 11.8. The third kappa shape index (κ3) is 20.6. The van der Waals surface area contributed by atoms with E-state index >= 15 is 0 Å². The molecule has 10 nitrogen and oxygen atoms in total. The van der Waals surface area contributed by atoms with Crippen molar-refractivity contribution in [2.45, 2.75) is 149 Å². The molecule has 0 N–H and O–H groups in total. The molecule has 332 valence electrons. The van der Waals surface area contributed by atoms with Crippen LogP contribution in [0.3, 0.4) is 0 Å². The Hall–Kier alpha value is -5.38. The van der Waals surface area contributed by atoms with Crippen LogP contribution in [0.4, 0.5) is 0 Å². The van der Waals surface area contributed by atoms with E-state index < -0.39 is 11.9 Å². The molecule has 0 saturated heterocycles. The third-order valence-corrected chi connectivity index (χ3v) is 10.3. The van der Waals surface area contributed by atoms with E-state index in [0.29, 0.717) is 52.9 Å². The molecule has 0 spiro atoms. The first kappa shape index (κ1) is 50.0. The van der Waals surface area contributed by atoms with Gasteiger partial charge in [-0.25, -0.2) is 19.2 Å². The van der Waals surface area contributed by atoms with Gasteiger partial charge in [0.25, 0.3) is 0 Å². The van der Waals surface area contributed by atoms with Gasteiger partial charge in [-0.3, -0.25) is 0 Å². The number of carbonyl (C=O) groups is 4. The highest BCUT2D eigenvalue weighted by Gasteiger charge is 2.16. The Balaban J connectivity index is 1.31.